The Morgan fingerprint density at radius 3 is 2.50 bits per heavy atom. The number of carbonyl (C=O) groups is 1. The number of hydrogen-bond donors (Lipinski definition) is 1. The smallest absolute Gasteiger partial charge is 0.241 e. The molecule has 0 saturated heterocycles. The molecule has 0 atom stereocenters. The van der Waals surface area contributed by atoms with Gasteiger partial charge in [-0.15, -0.1) is 11.6 Å². The summed E-state index contributed by atoms with van der Waals surface area (Å²) in [7, 11) is 3.15. The number of benzene rings is 2. The molecule has 0 aliphatic rings. The molecular formula is C19H18ClN3O3. The van der Waals surface area contributed by atoms with E-state index < -0.39 is 0 Å². The Labute approximate surface area is 156 Å². The molecule has 1 heterocycles. The molecular weight excluding hydrogens is 354 g/mol. The van der Waals surface area contributed by atoms with Crippen molar-refractivity contribution in [2.24, 2.45) is 0 Å². The summed E-state index contributed by atoms with van der Waals surface area (Å²) in [4.78, 5) is 16.3. The number of anilines is 1. The second kappa shape index (κ2) is 7.93. The van der Waals surface area contributed by atoms with Crippen LogP contribution in [-0.4, -0.2) is 35.6 Å². The van der Waals surface area contributed by atoms with Crippen LogP contribution in [0, 0.1) is 0 Å². The normalized spacial score (nSPS) is 10.4. The first kappa shape index (κ1) is 17.8. The summed E-state index contributed by atoms with van der Waals surface area (Å²) in [5.74, 6) is 1.08. The number of nitrogens with zero attached hydrogens (tertiary/aromatic N) is 2. The van der Waals surface area contributed by atoms with E-state index in [0.717, 1.165) is 16.9 Å². The summed E-state index contributed by atoms with van der Waals surface area (Å²) >= 11 is 5.63. The topological polar surface area (TPSA) is 65.4 Å². The highest BCUT2D eigenvalue weighted by molar-refractivity contribution is 6.28. The van der Waals surface area contributed by atoms with E-state index >= 15 is 0 Å². The number of imidazole rings is 1. The number of halogens is 1. The van der Waals surface area contributed by atoms with Crippen LogP contribution in [0.4, 0.5) is 5.95 Å². The predicted octanol–water partition coefficient (Wildman–Crippen LogP) is 3.73. The number of ether oxygens (including phenoxy) is 2. The summed E-state index contributed by atoms with van der Waals surface area (Å²) in [6.07, 6.45) is 1.85. The molecule has 0 aliphatic heterocycles. The Balaban J connectivity index is 2.09. The van der Waals surface area contributed by atoms with Crippen LogP contribution in [0.2, 0.25) is 0 Å². The molecule has 0 spiro atoms. The quantitative estimate of drug-likeness (QED) is 0.670. The van der Waals surface area contributed by atoms with Crippen molar-refractivity contribution in [2.45, 2.75) is 0 Å². The Morgan fingerprint density at radius 1 is 1.12 bits per heavy atom. The number of amides is 1. The van der Waals surface area contributed by atoms with Gasteiger partial charge < -0.3 is 9.47 Å². The van der Waals surface area contributed by atoms with Gasteiger partial charge in [-0.05, 0) is 12.1 Å². The first-order valence-corrected chi connectivity index (χ1v) is 8.42. The Kier molecular flexibility index (Phi) is 5.43. The van der Waals surface area contributed by atoms with Crippen LogP contribution < -0.4 is 14.8 Å². The van der Waals surface area contributed by atoms with Gasteiger partial charge >= 0.3 is 0 Å². The minimum atomic E-state index is -0.335. The molecule has 0 saturated carbocycles. The van der Waals surface area contributed by atoms with Crippen molar-refractivity contribution in [3.05, 3.63) is 54.7 Å². The third-order valence-electron chi connectivity index (χ3n) is 3.79. The molecule has 3 aromatic rings. The van der Waals surface area contributed by atoms with Gasteiger partial charge in [-0.25, -0.2) is 4.98 Å². The van der Waals surface area contributed by atoms with Gasteiger partial charge in [-0.1, -0.05) is 30.3 Å². The lowest BCUT2D eigenvalue weighted by atomic mass is 10.2. The summed E-state index contributed by atoms with van der Waals surface area (Å²) < 4.78 is 12.4. The van der Waals surface area contributed by atoms with Crippen LogP contribution in [-0.2, 0) is 4.79 Å². The van der Waals surface area contributed by atoms with E-state index in [2.05, 4.69) is 10.3 Å². The van der Waals surface area contributed by atoms with Crippen molar-refractivity contribution in [1.29, 1.82) is 0 Å². The summed E-state index contributed by atoms with van der Waals surface area (Å²) in [5, 5.41) is 2.72. The monoisotopic (exact) mass is 371 g/mol. The maximum absolute atomic E-state index is 11.8. The zero-order chi connectivity index (χ0) is 18.5. The van der Waals surface area contributed by atoms with Gasteiger partial charge in [0, 0.05) is 17.8 Å². The number of alkyl halides is 1. The fourth-order valence-corrected chi connectivity index (χ4v) is 2.61. The highest BCUT2D eigenvalue weighted by Gasteiger charge is 2.15. The zero-order valence-electron chi connectivity index (χ0n) is 14.4. The van der Waals surface area contributed by atoms with Crippen LogP contribution in [0.15, 0.2) is 54.7 Å². The van der Waals surface area contributed by atoms with Crippen LogP contribution in [0.1, 0.15) is 0 Å². The molecule has 1 aromatic heterocycles. The second-order valence-corrected chi connectivity index (χ2v) is 5.67. The minimum absolute atomic E-state index is 0.153. The number of rotatable bonds is 6. The number of methoxy groups -OCH3 is 2. The largest absolute Gasteiger partial charge is 0.493 e. The first-order valence-electron chi connectivity index (χ1n) is 7.89. The van der Waals surface area contributed by atoms with E-state index in [0.29, 0.717) is 17.4 Å². The third-order valence-corrected chi connectivity index (χ3v) is 4.04. The summed E-state index contributed by atoms with van der Waals surface area (Å²) in [6, 6.07) is 15.2. The van der Waals surface area contributed by atoms with Gasteiger partial charge in [0.25, 0.3) is 0 Å². The fourth-order valence-electron chi connectivity index (χ4n) is 2.55. The van der Waals surface area contributed by atoms with E-state index in [-0.39, 0.29) is 11.8 Å². The number of hydrogen-bond acceptors (Lipinski definition) is 4. The van der Waals surface area contributed by atoms with Crippen LogP contribution in [0.5, 0.6) is 11.5 Å². The predicted molar refractivity (Wildman–Crippen MR) is 101 cm³/mol. The maximum atomic E-state index is 11.8. The molecule has 6 nitrogen and oxygen atoms in total. The second-order valence-electron chi connectivity index (χ2n) is 5.41. The molecule has 1 amide bonds. The van der Waals surface area contributed by atoms with Gasteiger partial charge in [0.2, 0.25) is 11.9 Å². The Hall–Kier alpha value is -2.99. The van der Waals surface area contributed by atoms with Crippen molar-refractivity contribution < 1.29 is 14.3 Å². The van der Waals surface area contributed by atoms with E-state index in [4.69, 9.17) is 21.1 Å². The van der Waals surface area contributed by atoms with E-state index in [9.17, 15) is 4.79 Å². The first-order chi connectivity index (χ1) is 12.7. The van der Waals surface area contributed by atoms with Gasteiger partial charge in [-0.3, -0.25) is 14.7 Å². The summed E-state index contributed by atoms with van der Waals surface area (Å²) in [5.41, 5.74) is 2.43. The van der Waals surface area contributed by atoms with Crippen molar-refractivity contribution >= 4 is 23.5 Å². The zero-order valence-corrected chi connectivity index (χ0v) is 15.2. The molecule has 0 aliphatic carbocycles. The van der Waals surface area contributed by atoms with Gasteiger partial charge in [0.15, 0.2) is 11.5 Å². The molecule has 7 heteroatoms. The van der Waals surface area contributed by atoms with Crippen LogP contribution in [0.3, 0.4) is 0 Å². The fraction of sp³-hybridized carbons (Fsp3) is 0.158. The number of aromatic nitrogens is 2. The van der Waals surface area contributed by atoms with Crippen molar-refractivity contribution in [2.75, 3.05) is 25.4 Å². The van der Waals surface area contributed by atoms with Crippen molar-refractivity contribution in [1.82, 2.24) is 9.55 Å². The van der Waals surface area contributed by atoms with E-state index in [1.54, 1.807) is 24.9 Å². The Bertz CT molecular complexity index is 910. The summed E-state index contributed by atoms with van der Waals surface area (Å²) in [6.45, 7) is 0. The van der Waals surface area contributed by atoms with Gasteiger partial charge in [-0.2, -0.15) is 0 Å². The SMILES string of the molecule is COc1ccc(-n2cc(-c3ccccc3)nc2NC(=O)CCl)cc1OC. The maximum Gasteiger partial charge on any atom is 0.241 e. The number of carbonyl (C=O) groups excluding carboxylic acids is 1. The van der Waals surface area contributed by atoms with Gasteiger partial charge in [0.1, 0.15) is 5.88 Å². The standard InChI is InChI=1S/C19H18ClN3O3/c1-25-16-9-8-14(10-17(16)26-2)23-12-15(13-6-4-3-5-7-13)21-19(23)22-18(24)11-20/h3-10,12H,11H2,1-2H3,(H,21,22,24). The van der Waals surface area contributed by atoms with Crippen molar-refractivity contribution in [3.8, 4) is 28.4 Å². The van der Waals surface area contributed by atoms with Crippen LogP contribution in [0.25, 0.3) is 16.9 Å². The molecule has 26 heavy (non-hydrogen) atoms. The molecule has 1 N–H and O–H groups in total. The number of nitrogens with one attached hydrogen (secondary N) is 1. The lowest BCUT2D eigenvalue weighted by molar-refractivity contribution is -0.114. The third kappa shape index (κ3) is 3.65. The molecule has 134 valence electrons. The van der Waals surface area contributed by atoms with Gasteiger partial charge in [0.05, 0.1) is 25.6 Å². The highest BCUT2D eigenvalue weighted by Crippen LogP contribution is 2.31. The average Bonchev–Trinajstić information content (AvgIpc) is 3.11. The van der Waals surface area contributed by atoms with E-state index in [1.807, 2.05) is 48.7 Å². The van der Waals surface area contributed by atoms with Crippen LogP contribution >= 0.6 is 11.6 Å². The molecule has 3 rings (SSSR count). The molecule has 0 unspecified atom stereocenters. The lowest BCUT2D eigenvalue weighted by Crippen LogP contribution is -2.16. The van der Waals surface area contributed by atoms with Crippen molar-refractivity contribution in [3.63, 3.8) is 0 Å². The Morgan fingerprint density at radius 2 is 1.85 bits per heavy atom. The molecule has 2 aromatic carbocycles. The molecule has 0 radical (unpaired) electrons. The van der Waals surface area contributed by atoms with E-state index in [1.165, 1.54) is 0 Å². The molecule has 0 bridgehead atoms. The molecule has 0 fully saturated rings. The average molecular weight is 372 g/mol. The highest BCUT2D eigenvalue weighted by atomic mass is 35.5. The minimum Gasteiger partial charge on any atom is -0.493 e. The lowest BCUT2D eigenvalue weighted by Gasteiger charge is -2.12.